The highest BCUT2D eigenvalue weighted by molar-refractivity contribution is 7.88. The van der Waals surface area contributed by atoms with E-state index in [1.165, 1.54) is 10.6 Å². The van der Waals surface area contributed by atoms with Crippen molar-refractivity contribution in [2.45, 2.75) is 31.3 Å². The van der Waals surface area contributed by atoms with Crippen LogP contribution in [0, 0.1) is 0 Å². The van der Waals surface area contributed by atoms with E-state index in [0.29, 0.717) is 18.7 Å². The van der Waals surface area contributed by atoms with Crippen LogP contribution in [0.1, 0.15) is 35.7 Å². The van der Waals surface area contributed by atoms with Gasteiger partial charge in [-0.05, 0) is 32.5 Å². The van der Waals surface area contributed by atoms with Gasteiger partial charge < -0.3 is 14.7 Å². The molecular weight excluding hydrogens is 404 g/mol. The summed E-state index contributed by atoms with van der Waals surface area (Å²) in [5.41, 5.74) is 0.405. The maximum Gasteiger partial charge on any atom is 0.254 e. The average molecular weight is 435 g/mol. The lowest BCUT2D eigenvalue weighted by molar-refractivity contribution is -0.142. The molecule has 0 aromatic heterocycles. The van der Waals surface area contributed by atoms with Gasteiger partial charge in [-0.25, -0.2) is 8.42 Å². The molecule has 1 spiro atoms. The largest absolute Gasteiger partial charge is 0.340 e. The van der Waals surface area contributed by atoms with Crippen molar-refractivity contribution in [1.29, 1.82) is 0 Å². The Balaban J connectivity index is 1.81. The molecule has 30 heavy (non-hydrogen) atoms. The Bertz CT molecular complexity index is 963. The quantitative estimate of drug-likeness (QED) is 0.689. The van der Waals surface area contributed by atoms with Crippen molar-refractivity contribution in [1.82, 2.24) is 19.0 Å². The van der Waals surface area contributed by atoms with Crippen LogP contribution in [0.15, 0.2) is 24.3 Å². The molecule has 0 aliphatic carbocycles. The number of fused-ring (bicyclic) bond motifs is 1. The molecule has 1 atom stereocenters. The second-order valence-corrected chi connectivity index (χ2v) is 11.0. The first-order valence-electron chi connectivity index (χ1n) is 10.4. The molecule has 0 N–H and O–H groups in total. The Morgan fingerprint density at radius 3 is 2.27 bits per heavy atom. The van der Waals surface area contributed by atoms with Crippen molar-refractivity contribution >= 4 is 21.8 Å². The fraction of sp³-hybridized carbons (Fsp3) is 0.619. The van der Waals surface area contributed by atoms with E-state index in [0.717, 1.165) is 18.7 Å². The fourth-order valence-electron chi connectivity index (χ4n) is 5.16. The lowest BCUT2D eigenvalue weighted by atomic mass is 9.68. The van der Waals surface area contributed by atoms with Crippen LogP contribution in [0.4, 0.5) is 0 Å². The zero-order valence-electron chi connectivity index (χ0n) is 18.0. The molecule has 8 nitrogen and oxygen atoms in total. The van der Waals surface area contributed by atoms with Gasteiger partial charge in [-0.15, -0.1) is 0 Å². The van der Waals surface area contributed by atoms with Gasteiger partial charge in [0.15, 0.2) is 0 Å². The number of hydrogen-bond acceptors (Lipinski definition) is 5. The van der Waals surface area contributed by atoms with Crippen molar-refractivity contribution in [2.24, 2.45) is 0 Å². The monoisotopic (exact) mass is 434 g/mol. The number of likely N-dealkylation sites (N-methyl/N-ethyl adjacent to an activating group) is 1. The number of benzene rings is 1. The normalized spacial score (nSPS) is 24.8. The minimum absolute atomic E-state index is 0.0122. The van der Waals surface area contributed by atoms with Crippen LogP contribution in [0.2, 0.25) is 0 Å². The molecule has 9 heteroatoms. The lowest BCUT2D eigenvalue weighted by Crippen LogP contribution is -2.78. The summed E-state index contributed by atoms with van der Waals surface area (Å²) in [5, 5.41) is 0. The summed E-state index contributed by atoms with van der Waals surface area (Å²) >= 11 is 0. The zero-order valence-corrected chi connectivity index (χ0v) is 18.9. The van der Waals surface area contributed by atoms with Gasteiger partial charge in [0.05, 0.1) is 17.7 Å². The smallest absolute Gasteiger partial charge is 0.254 e. The number of carbonyl (C=O) groups excluding carboxylic acids is 2. The van der Waals surface area contributed by atoms with Crippen LogP contribution in [0.5, 0.6) is 0 Å². The van der Waals surface area contributed by atoms with E-state index >= 15 is 0 Å². The summed E-state index contributed by atoms with van der Waals surface area (Å²) in [6, 6.07) is 7.14. The maximum absolute atomic E-state index is 13.9. The van der Waals surface area contributed by atoms with Crippen LogP contribution in [0.25, 0.3) is 0 Å². The summed E-state index contributed by atoms with van der Waals surface area (Å²) in [6.45, 7) is 7.01. The van der Waals surface area contributed by atoms with Gasteiger partial charge in [0.2, 0.25) is 15.9 Å². The van der Waals surface area contributed by atoms with Crippen molar-refractivity contribution in [3.63, 3.8) is 0 Å². The third-order valence-electron chi connectivity index (χ3n) is 6.69. The van der Waals surface area contributed by atoms with E-state index in [1.807, 2.05) is 44.0 Å². The molecular formula is C21H30N4O4S. The zero-order chi connectivity index (χ0) is 21.8. The van der Waals surface area contributed by atoms with Crippen LogP contribution >= 0.6 is 0 Å². The number of piperazine rings is 1. The van der Waals surface area contributed by atoms with Crippen LogP contribution in [-0.4, -0.2) is 103 Å². The van der Waals surface area contributed by atoms with Gasteiger partial charge in [0.1, 0.15) is 0 Å². The molecule has 2 amide bonds. The van der Waals surface area contributed by atoms with Crippen molar-refractivity contribution in [2.75, 3.05) is 52.6 Å². The highest BCUT2D eigenvalue weighted by Gasteiger charge is 2.63. The number of hydrogen-bond donors (Lipinski definition) is 0. The van der Waals surface area contributed by atoms with Crippen molar-refractivity contribution in [3.8, 4) is 0 Å². The van der Waals surface area contributed by atoms with E-state index in [1.54, 1.807) is 11.0 Å². The Kier molecular flexibility index (Phi) is 5.19. The van der Waals surface area contributed by atoms with E-state index < -0.39 is 21.5 Å². The maximum atomic E-state index is 13.9. The fourth-order valence-corrected chi connectivity index (χ4v) is 6.08. The molecule has 164 valence electrons. The Morgan fingerprint density at radius 1 is 1.10 bits per heavy atom. The van der Waals surface area contributed by atoms with Crippen molar-refractivity contribution in [3.05, 3.63) is 35.4 Å². The average Bonchev–Trinajstić information content (AvgIpc) is 2.64. The third-order valence-corrected chi connectivity index (χ3v) is 7.88. The minimum Gasteiger partial charge on any atom is -0.340 e. The summed E-state index contributed by atoms with van der Waals surface area (Å²) in [5.74, 6) is -0.715. The summed E-state index contributed by atoms with van der Waals surface area (Å²) < 4.78 is 25.7. The number of amides is 2. The number of nitrogens with zero attached hydrogens (tertiary/aromatic N) is 4. The SMILES string of the molecule is CC(C)N1C(=O)c2ccccc2C(C(=O)N2CCN(C)CC2)C12CN(S(C)(=O)=O)C2. The molecule has 1 unspecified atom stereocenters. The first kappa shape index (κ1) is 21.3. The highest BCUT2D eigenvalue weighted by atomic mass is 32.2. The van der Waals surface area contributed by atoms with Gasteiger partial charge in [-0.2, -0.15) is 4.31 Å². The minimum atomic E-state index is -3.40. The molecule has 2 fully saturated rings. The Hall–Kier alpha value is -1.97. The van der Waals surface area contributed by atoms with E-state index in [9.17, 15) is 18.0 Å². The molecule has 0 bridgehead atoms. The second kappa shape index (κ2) is 7.32. The summed E-state index contributed by atoms with van der Waals surface area (Å²) in [6.07, 6.45) is 1.18. The standard InChI is InChI=1S/C21H30N4O4S/c1-15(2)25-19(26)17-8-6-5-7-16(17)18(20(27)23-11-9-22(3)10-12-23)21(25)13-24(14-21)30(4,28)29/h5-8,15,18H,9-14H2,1-4H3. The third kappa shape index (κ3) is 3.23. The topological polar surface area (TPSA) is 81.2 Å². The first-order chi connectivity index (χ1) is 14.1. The molecule has 3 aliphatic rings. The van der Waals surface area contributed by atoms with Gasteiger partial charge in [-0.1, -0.05) is 18.2 Å². The first-order valence-corrected chi connectivity index (χ1v) is 12.3. The van der Waals surface area contributed by atoms with Gasteiger partial charge in [0.25, 0.3) is 5.91 Å². The Morgan fingerprint density at radius 2 is 1.70 bits per heavy atom. The van der Waals surface area contributed by atoms with Crippen molar-refractivity contribution < 1.29 is 18.0 Å². The molecule has 3 heterocycles. The van der Waals surface area contributed by atoms with Crippen LogP contribution in [-0.2, 0) is 14.8 Å². The summed E-state index contributed by atoms with van der Waals surface area (Å²) in [4.78, 5) is 33.1. The molecule has 0 radical (unpaired) electrons. The van der Waals surface area contributed by atoms with E-state index in [4.69, 9.17) is 0 Å². The molecule has 4 rings (SSSR count). The number of rotatable bonds is 3. The van der Waals surface area contributed by atoms with Gasteiger partial charge in [0, 0.05) is 50.9 Å². The number of carbonyl (C=O) groups is 2. The van der Waals surface area contributed by atoms with Gasteiger partial charge in [-0.3, -0.25) is 9.59 Å². The predicted molar refractivity (Wildman–Crippen MR) is 114 cm³/mol. The van der Waals surface area contributed by atoms with Gasteiger partial charge >= 0.3 is 0 Å². The molecule has 2 saturated heterocycles. The molecule has 1 aromatic carbocycles. The van der Waals surface area contributed by atoms with Crippen LogP contribution in [0.3, 0.4) is 0 Å². The lowest BCUT2D eigenvalue weighted by Gasteiger charge is -2.61. The summed E-state index contributed by atoms with van der Waals surface area (Å²) in [7, 11) is -1.37. The van der Waals surface area contributed by atoms with E-state index in [-0.39, 0.29) is 30.9 Å². The molecule has 3 aliphatic heterocycles. The number of sulfonamides is 1. The highest BCUT2D eigenvalue weighted by Crippen LogP contribution is 2.48. The Labute approximate surface area is 178 Å². The van der Waals surface area contributed by atoms with Crippen LogP contribution < -0.4 is 0 Å². The van der Waals surface area contributed by atoms with E-state index in [2.05, 4.69) is 4.90 Å². The predicted octanol–water partition coefficient (Wildman–Crippen LogP) is 0.422. The molecule has 1 aromatic rings. The second-order valence-electron chi connectivity index (χ2n) is 9.05. The molecule has 0 saturated carbocycles.